The lowest BCUT2D eigenvalue weighted by atomic mass is 10.1. The molecule has 0 aliphatic heterocycles. The second-order valence-electron chi connectivity index (χ2n) is 4.41. The average molecular weight is 370 g/mol. The molecule has 0 aliphatic rings. The Morgan fingerprint density at radius 1 is 1.10 bits per heavy atom. The second kappa shape index (κ2) is 7.06. The van der Waals surface area contributed by atoms with Crippen molar-refractivity contribution >= 4 is 26.0 Å². The van der Waals surface area contributed by atoms with Gasteiger partial charge in [0.15, 0.2) is 0 Å². The van der Waals surface area contributed by atoms with Crippen LogP contribution >= 0.6 is 15.9 Å². The summed E-state index contributed by atoms with van der Waals surface area (Å²) in [4.78, 5) is 0.255. The summed E-state index contributed by atoms with van der Waals surface area (Å²) in [5.74, 6) is 0.764. The highest BCUT2D eigenvalue weighted by Crippen LogP contribution is 2.18. The number of rotatable bonds is 6. The van der Waals surface area contributed by atoms with Gasteiger partial charge in [-0.1, -0.05) is 34.1 Å². The van der Waals surface area contributed by atoms with Gasteiger partial charge in [0, 0.05) is 11.0 Å². The molecule has 2 aromatic rings. The first-order chi connectivity index (χ1) is 10.0. The Kier molecular flexibility index (Phi) is 5.39. The summed E-state index contributed by atoms with van der Waals surface area (Å²) < 4.78 is 32.9. The SMILES string of the molecule is COc1ccccc1CCNS(=O)(=O)c1ccc(Br)cc1. The van der Waals surface area contributed by atoms with Crippen molar-refractivity contribution < 1.29 is 13.2 Å². The van der Waals surface area contributed by atoms with Gasteiger partial charge >= 0.3 is 0 Å². The summed E-state index contributed by atoms with van der Waals surface area (Å²) >= 11 is 3.28. The molecule has 2 aromatic carbocycles. The number of hydrogen-bond donors (Lipinski definition) is 1. The molecule has 0 aromatic heterocycles. The molecule has 0 amide bonds. The number of halogens is 1. The minimum absolute atomic E-state index is 0.255. The largest absolute Gasteiger partial charge is 0.496 e. The summed E-state index contributed by atoms with van der Waals surface area (Å²) in [5.41, 5.74) is 0.971. The zero-order chi connectivity index (χ0) is 15.3. The van der Waals surface area contributed by atoms with E-state index in [0.717, 1.165) is 15.8 Å². The third-order valence-corrected chi connectivity index (χ3v) is 5.01. The molecule has 2 rings (SSSR count). The number of hydrogen-bond acceptors (Lipinski definition) is 3. The number of methoxy groups -OCH3 is 1. The van der Waals surface area contributed by atoms with Crippen molar-refractivity contribution in [1.82, 2.24) is 4.72 Å². The van der Waals surface area contributed by atoms with E-state index in [-0.39, 0.29) is 4.90 Å². The Morgan fingerprint density at radius 2 is 1.76 bits per heavy atom. The number of ether oxygens (including phenoxy) is 1. The summed E-state index contributed by atoms with van der Waals surface area (Å²) in [6.45, 7) is 0.318. The highest BCUT2D eigenvalue weighted by atomic mass is 79.9. The predicted octanol–water partition coefficient (Wildman–Crippen LogP) is 2.98. The summed E-state index contributed by atoms with van der Waals surface area (Å²) in [6.07, 6.45) is 0.569. The van der Waals surface area contributed by atoms with E-state index in [1.807, 2.05) is 24.3 Å². The second-order valence-corrected chi connectivity index (χ2v) is 7.10. The number of benzene rings is 2. The molecule has 0 saturated heterocycles. The summed E-state index contributed by atoms with van der Waals surface area (Å²) in [5, 5.41) is 0. The lowest BCUT2D eigenvalue weighted by Gasteiger charge is -2.09. The van der Waals surface area contributed by atoms with Gasteiger partial charge in [0.25, 0.3) is 0 Å². The van der Waals surface area contributed by atoms with Gasteiger partial charge < -0.3 is 4.74 Å². The van der Waals surface area contributed by atoms with Crippen molar-refractivity contribution in [2.75, 3.05) is 13.7 Å². The zero-order valence-electron chi connectivity index (χ0n) is 11.5. The molecule has 0 atom stereocenters. The molecule has 6 heteroatoms. The molecule has 4 nitrogen and oxygen atoms in total. The molecule has 112 valence electrons. The molecule has 1 N–H and O–H groups in total. The average Bonchev–Trinajstić information content (AvgIpc) is 2.48. The van der Waals surface area contributed by atoms with Crippen molar-refractivity contribution in [3.63, 3.8) is 0 Å². The minimum Gasteiger partial charge on any atom is -0.496 e. The standard InChI is InChI=1S/C15H16BrNO3S/c1-20-15-5-3-2-4-12(15)10-11-17-21(18,19)14-8-6-13(16)7-9-14/h2-9,17H,10-11H2,1H3. The minimum atomic E-state index is -3.48. The number of nitrogens with one attached hydrogen (secondary N) is 1. The van der Waals surface area contributed by atoms with Crippen LogP contribution in [0.3, 0.4) is 0 Å². The Hall–Kier alpha value is -1.37. The smallest absolute Gasteiger partial charge is 0.240 e. The molecule has 0 unspecified atom stereocenters. The van der Waals surface area contributed by atoms with Crippen LogP contribution < -0.4 is 9.46 Å². The Labute approximate surface area is 133 Å². The third-order valence-electron chi connectivity index (χ3n) is 3.00. The van der Waals surface area contributed by atoms with Crippen LogP contribution in [0.5, 0.6) is 5.75 Å². The van der Waals surface area contributed by atoms with Crippen LogP contribution in [0.15, 0.2) is 57.9 Å². The van der Waals surface area contributed by atoms with Gasteiger partial charge in [0.05, 0.1) is 12.0 Å². The highest BCUT2D eigenvalue weighted by Gasteiger charge is 2.13. The molecule has 0 heterocycles. The van der Waals surface area contributed by atoms with E-state index in [1.165, 1.54) is 0 Å². The van der Waals surface area contributed by atoms with E-state index >= 15 is 0 Å². The van der Waals surface area contributed by atoms with Crippen LogP contribution in [0.1, 0.15) is 5.56 Å². The number of para-hydroxylation sites is 1. The van der Waals surface area contributed by atoms with Crippen molar-refractivity contribution in [2.45, 2.75) is 11.3 Å². The summed E-state index contributed by atoms with van der Waals surface area (Å²) in [6, 6.07) is 14.1. The van der Waals surface area contributed by atoms with Crippen LogP contribution in [0, 0.1) is 0 Å². The molecule has 0 aliphatic carbocycles. The molecule has 21 heavy (non-hydrogen) atoms. The van der Waals surface area contributed by atoms with E-state index < -0.39 is 10.0 Å². The Balaban J connectivity index is 2.01. The molecular formula is C15H16BrNO3S. The monoisotopic (exact) mass is 369 g/mol. The first kappa shape index (κ1) is 16.0. The topological polar surface area (TPSA) is 55.4 Å². The highest BCUT2D eigenvalue weighted by molar-refractivity contribution is 9.10. The van der Waals surface area contributed by atoms with Crippen molar-refractivity contribution in [3.8, 4) is 5.75 Å². The maximum atomic E-state index is 12.1. The molecule has 0 saturated carbocycles. The van der Waals surface area contributed by atoms with Crippen LogP contribution in [-0.4, -0.2) is 22.1 Å². The molecule has 0 spiro atoms. The van der Waals surface area contributed by atoms with E-state index in [4.69, 9.17) is 4.74 Å². The maximum absolute atomic E-state index is 12.1. The van der Waals surface area contributed by atoms with Gasteiger partial charge in [-0.25, -0.2) is 13.1 Å². The van der Waals surface area contributed by atoms with Crippen LogP contribution in [-0.2, 0) is 16.4 Å². The Bertz CT molecular complexity index is 699. The summed E-state index contributed by atoms with van der Waals surface area (Å²) in [7, 11) is -1.88. The van der Waals surface area contributed by atoms with Crippen molar-refractivity contribution in [3.05, 3.63) is 58.6 Å². The van der Waals surface area contributed by atoms with Gasteiger partial charge in [-0.05, 0) is 42.3 Å². The molecular weight excluding hydrogens is 354 g/mol. The quantitative estimate of drug-likeness (QED) is 0.851. The maximum Gasteiger partial charge on any atom is 0.240 e. The van der Waals surface area contributed by atoms with E-state index in [2.05, 4.69) is 20.7 Å². The first-order valence-electron chi connectivity index (χ1n) is 6.40. The predicted molar refractivity (Wildman–Crippen MR) is 86.0 cm³/mol. The van der Waals surface area contributed by atoms with Gasteiger partial charge in [-0.2, -0.15) is 0 Å². The van der Waals surface area contributed by atoms with E-state index in [0.29, 0.717) is 13.0 Å². The normalized spacial score (nSPS) is 11.3. The fourth-order valence-electron chi connectivity index (χ4n) is 1.93. The lowest BCUT2D eigenvalue weighted by Crippen LogP contribution is -2.26. The van der Waals surface area contributed by atoms with E-state index in [1.54, 1.807) is 31.4 Å². The lowest BCUT2D eigenvalue weighted by molar-refractivity contribution is 0.409. The zero-order valence-corrected chi connectivity index (χ0v) is 13.9. The van der Waals surface area contributed by atoms with Gasteiger partial charge in [0.1, 0.15) is 5.75 Å². The third kappa shape index (κ3) is 4.30. The van der Waals surface area contributed by atoms with Crippen LogP contribution in [0.2, 0.25) is 0 Å². The fourth-order valence-corrected chi connectivity index (χ4v) is 3.22. The Morgan fingerprint density at radius 3 is 2.43 bits per heavy atom. The molecule has 0 bridgehead atoms. The first-order valence-corrected chi connectivity index (χ1v) is 8.67. The van der Waals surface area contributed by atoms with E-state index in [9.17, 15) is 8.42 Å². The molecule has 0 fully saturated rings. The van der Waals surface area contributed by atoms with Gasteiger partial charge in [-0.3, -0.25) is 0 Å². The van der Waals surface area contributed by atoms with Crippen molar-refractivity contribution in [2.24, 2.45) is 0 Å². The fraction of sp³-hybridized carbons (Fsp3) is 0.200. The molecule has 0 radical (unpaired) electrons. The van der Waals surface area contributed by atoms with Gasteiger partial charge in [0.2, 0.25) is 10.0 Å². The van der Waals surface area contributed by atoms with Crippen LogP contribution in [0.25, 0.3) is 0 Å². The number of sulfonamides is 1. The van der Waals surface area contributed by atoms with Crippen LogP contribution in [0.4, 0.5) is 0 Å². The van der Waals surface area contributed by atoms with Gasteiger partial charge in [-0.15, -0.1) is 0 Å². The van der Waals surface area contributed by atoms with Crippen molar-refractivity contribution in [1.29, 1.82) is 0 Å².